The van der Waals surface area contributed by atoms with Gasteiger partial charge < -0.3 is 14.2 Å². The van der Waals surface area contributed by atoms with Crippen molar-refractivity contribution in [1.29, 1.82) is 0 Å². The van der Waals surface area contributed by atoms with E-state index < -0.39 is 6.10 Å². The van der Waals surface area contributed by atoms with E-state index in [9.17, 15) is 14.4 Å². The van der Waals surface area contributed by atoms with Crippen LogP contribution in [0.5, 0.6) is 0 Å². The number of unbranched alkanes of at least 4 members (excludes halogenated alkanes) is 31. The van der Waals surface area contributed by atoms with Crippen molar-refractivity contribution in [3.05, 3.63) is 0 Å². The number of carbonyl (C=O) groups is 3. The molecule has 0 bridgehead atoms. The molecule has 6 heteroatoms. The van der Waals surface area contributed by atoms with Crippen molar-refractivity contribution in [3.8, 4) is 0 Å². The Hall–Kier alpha value is -1.59. The van der Waals surface area contributed by atoms with Crippen molar-refractivity contribution >= 4 is 17.9 Å². The minimum absolute atomic E-state index is 0.0644. The van der Waals surface area contributed by atoms with Crippen molar-refractivity contribution in [1.82, 2.24) is 0 Å². The summed E-state index contributed by atoms with van der Waals surface area (Å²) >= 11 is 0. The normalized spacial score (nSPS) is 12.1. The quantitative estimate of drug-likeness (QED) is 0.0346. The van der Waals surface area contributed by atoms with Crippen LogP contribution in [0.25, 0.3) is 0 Å². The van der Waals surface area contributed by atoms with Crippen LogP contribution in [0, 0.1) is 11.8 Å². The molecule has 0 aliphatic heterocycles. The van der Waals surface area contributed by atoms with Gasteiger partial charge in [0.1, 0.15) is 13.2 Å². The van der Waals surface area contributed by atoms with Gasteiger partial charge in [0, 0.05) is 19.3 Å². The molecule has 0 fully saturated rings. The van der Waals surface area contributed by atoms with E-state index in [1.165, 1.54) is 173 Å². The highest BCUT2D eigenvalue weighted by Gasteiger charge is 2.19. The molecule has 0 spiro atoms. The van der Waals surface area contributed by atoms with E-state index in [1.54, 1.807) is 0 Å². The highest BCUT2D eigenvalue weighted by Crippen LogP contribution is 2.17. The van der Waals surface area contributed by atoms with E-state index in [4.69, 9.17) is 14.2 Å². The second-order valence-corrected chi connectivity index (χ2v) is 18.8. The molecular weight excluding hydrogens is 721 g/mol. The van der Waals surface area contributed by atoms with E-state index in [1.807, 2.05) is 0 Å². The summed E-state index contributed by atoms with van der Waals surface area (Å²) in [4.78, 5) is 37.8. The molecule has 6 nitrogen and oxygen atoms in total. The van der Waals surface area contributed by atoms with Crippen LogP contribution in [0.1, 0.15) is 285 Å². The number of hydrogen-bond acceptors (Lipinski definition) is 6. The van der Waals surface area contributed by atoms with Gasteiger partial charge in [0.25, 0.3) is 0 Å². The highest BCUT2D eigenvalue weighted by atomic mass is 16.6. The number of carbonyl (C=O) groups excluding carboxylic acids is 3. The average molecular weight is 821 g/mol. The van der Waals surface area contributed by atoms with Crippen molar-refractivity contribution in [2.75, 3.05) is 13.2 Å². The third-order valence-corrected chi connectivity index (χ3v) is 11.7. The Kier molecular flexibility index (Phi) is 43.7. The number of ether oxygens (including phenoxy) is 3. The Labute approximate surface area is 361 Å². The van der Waals surface area contributed by atoms with Crippen molar-refractivity contribution in [2.24, 2.45) is 11.8 Å². The lowest BCUT2D eigenvalue weighted by Crippen LogP contribution is -2.30. The molecule has 0 aromatic carbocycles. The predicted octanol–water partition coefficient (Wildman–Crippen LogP) is 16.5. The van der Waals surface area contributed by atoms with E-state index in [0.717, 1.165) is 69.6 Å². The van der Waals surface area contributed by atoms with Gasteiger partial charge in [-0.1, -0.05) is 247 Å². The van der Waals surface area contributed by atoms with Crippen LogP contribution in [0.15, 0.2) is 0 Å². The maximum Gasteiger partial charge on any atom is 0.306 e. The summed E-state index contributed by atoms with van der Waals surface area (Å²) in [6.45, 7) is 11.3. The zero-order valence-electron chi connectivity index (χ0n) is 39.7. The van der Waals surface area contributed by atoms with Gasteiger partial charge in [0.2, 0.25) is 0 Å². The Morgan fingerprint density at radius 2 is 0.569 bits per heavy atom. The summed E-state index contributed by atoms with van der Waals surface area (Å²) in [6, 6.07) is 0. The monoisotopic (exact) mass is 821 g/mol. The first-order chi connectivity index (χ1) is 28.2. The van der Waals surface area contributed by atoms with Gasteiger partial charge in [0.05, 0.1) is 0 Å². The smallest absolute Gasteiger partial charge is 0.306 e. The average Bonchev–Trinajstić information content (AvgIpc) is 3.19. The summed E-state index contributed by atoms with van der Waals surface area (Å²) in [5.41, 5.74) is 0. The summed E-state index contributed by atoms with van der Waals surface area (Å²) in [6.07, 6.45) is 45.3. The van der Waals surface area contributed by atoms with Gasteiger partial charge in [0.15, 0.2) is 6.10 Å². The molecule has 0 saturated carbocycles. The first kappa shape index (κ1) is 56.4. The fourth-order valence-corrected chi connectivity index (χ4v) is 7.81. The molecule has 0 aliphatic rings. The van der Waals surface area contributed by atoms with Crippen molar-refractivity contribution in [2.45, 2.75) is 291 Å². The molecule has 58 heavy (non-hydrogen) atoms. The van der Waals surface area contributed by atoms with Gasteiger partial charge in [-0.25, -0.2) is 0 Å². The van der Waals surface area contributed by atoms with Crippen LogP contribution < -0.4 is 0 Å². The summed E-state index contributed by atoms with van der Waals surface area (Å²) < 4.78 is 16.8. The lowest BCUT2D eigenvalue weighted by atomic mass is 10.0. The van der Waals surface area contributed by atoms with E-state index in [-0.39, 0.29) is 31.1 Å². The molecule has 1 atom stereocenters. The second kappa shape index (κ2) is 44.9. The van der Waals surface area contributed by atoms with Crippen molar-refractivity contribution in [3.63, 3.8) is 0 Å². The Bertz CT molecular complexity index is 885. The fourth-order valence-electron chi connectivity index (χ4n) is 7.81. The molecule has 0 unspecified atom stereocenters. The molecule has 0 amide bonds. The van der Waals surface area contributed by atoms with Crippen LogP contribution in [-0.2, 0) is 28.6 Å². The zero-order valence-corrected chi connectivity index (χ0v) is 39.7. The fraction of sp³-hybridized carbons (Fsp3) is 0.942. The van der Waals surface area contributed by atoms with Gasteiger partial charge in [-0.2, -0.15) is 0 Å². The second-order valence-electron chi connectivity index (χ2n) is 18.8. The summed E-state index contributed by atoms with van der Waals surface area (Å²) in [5.74, 6) is 0.759. The topological polar surface area (TPSA) is 78.9 Å². The van der Waals surface area contributed by atoms with Crippen molar-refractivity contribution < 1.29 is 28.6 Å². The third kappa shape index (κ3) is 45.5. The molecule has 0 aromatic rings. The molecule has 0 rings (SSSR count). The molecule has 0 radical (unpaired) electrons. The van der Waals surface area contributed by atoms with E-state index >= 15 is 0 Å². The van der Waals surface area contributed by atoms with Crippen LogP contribution in [0.4, 0.5) is 0 Å². The lowest BCUT2D eigenvalue weighted by Gasteiger charge is -2.18. The Morgan fingerprint density at radius 1 is 0.328 bits per heavy atom. The standard InChI is InChI=1S/C52H100O6/c1-6-7-8-9-10-11-12-16-21-24-27-34-39-44-52(55)58-49(46-57-51(54)43-38-33-29-28-31-36-41-48(4)5)45-56-50(53)42-37-32-26-23-20-18-15-13-14-17-19-22-25-30-35-40-47(2)3/h47-49H,6-46H2,1-5H3/t49-/m0/s1. The Balaban J connectivity index is 4.24. The SMILES string of the molecule is CCCCCCCCCCCCCCCC(=O)O[C@@H](COC(=O)CCCCCCCCCCCCCCCCCC(C)C)COC(=O)CCCCCCCCC(C)C. The lowest BCUT2D eigenvalue weighted by molar-refractivity contribution is -0.167. The minimum atomic E-state index is -0.761. The summed E-state index contributed by atoms with van der Waals surface area (Å²) in [7, 11) is 0. The molecular formula is C52H100O6. The van der Waals surface area contributed by atoms with E-state index in [0.29, 0.717) is 19.3 Å². The highest BCUT2D eigenvalue weighted by molar-refractivity contribution is 5.71. The molecule has 344 valence electrons. The minimum Gasteiger partial charge on any atom is -0.462 e. The van der Waals surface area contributed by atoms with Crippen LogP contribution in [0.2, 0.25) is 0 Å². The van der Waals surface area contributed by atoms with Gasteiger partial charge in [-0.3, -0.25) is 14.4 Å². The molecule has 0 aromatic heterocycles. The molecule has 0 heterocycles. The van der Waals surface area contributed by atoms with Gasteiger partial charge >= 0.3 is 17.9 Å². The van der Waals surface area contributed by atoms with Gasteiger partial charge in [-0.05, 0) is 31.1 Å². The maximum absolute atomic E-state index is 12.8. The number of rotatable bonds is 46. The van der Waals surface area contributed by atoms with Crippen LogP contribution >= 0.6 is 0 Å². The van der Waals surface area contributed by atoms with Gasteiger partial charge in [-0.15, -0.1) is 0 Å². The molecule has 0 aliphatic carbocycles. The molecule has 0 saturated heterocycles. The van der Waals surface area contributed by atoms with E-state index in [2.05, 4.69) is 34.6 Å². The zero-order chi connectivity index (χ0) is 42.6. The Morgan fingerprint density at radius 3 is 0.845 bits per heavy atom. The maximum atomic E-state index is 12.8. The number of esters is 3. The summed E-state index contributed by atoms with van der Waals surface area (Å²) in [5, 5.41) is 0. The van der Waals surface area contributed by atoms with Crippen LogP contribution in [0.3, 0.4) is 0 Å². The molecule has 0 N–H and O–H groups in total. The van der Waals surface area contributed by atoms with Crippen LogP contribution in [-0.4, -0.2) is 37.2 Å². The predicted molar refractivity (Wildman–Crippen MR) is 247 cm³/mol. The largest absolute Gasteiger partial charge is 0.462 e. The first-order valence-corrected chi connectivity index (χ1v) is 25.7. The number of hydrogen-bond donors (Lipinski definition) is 0. The third-order valence-electron chi connectivity index (χ3n) is 11.7. The first-order valence-electron chi connectivity index (χ1n) is 25.7.